The second-order valence-electron chi connectivity index (χ2n) is 25.1. The fourth-order valence-electron chi connectivity index (χ4n) is 12.2. The quantitative estimate of drug-likeness (QED) is 0.0824. The molecule has 2 aliphatic rings. The lowest BCUT2D eigenvalue weighted by molar-refractivity contribution is -0.134. The number of carbonyl (C=O) groups is 3. The number of likely N-dealkylation sites (N-methyl/N-ethyl adjacent to an activating group) is 3. The lowest BCUT2D eigenvalue weighted by Gasteiger charge is -2.35. The number of sulfonamides is 1. The van der Waals surface area contributed by atoms with Gasteiger partial charge in [0.25, 0.3) is 0 Å². The summed E-state index contributed by atoms with van der Waals surface area (Å²) in [6.45, 7) is 4.66. The van der Waals surface area contributed by atoms with Crippen molar-refractivity contribution in [2.45, 2.75) is 45.9 Å². The van der Waals surface area contributed by atoms with Gasteiger partial charge in [-0.3, -0.25) is 14.4 Å². The molecule has 0 spiro atoms. The summed E-state index contributed by atoms with van der Waals surface area (Å²) in [6, 6.07) is 58.4. The standard InChI is InChI=1S/C26H27ClN6O.C24H23ClN6O3S.C24H25ClN6O.CH4/c1-31-15-13-20(14-16-31)32(2)21(34)17-33-26-22(24(30-33)18-9-5-3-6-10-18)23(27)25(28-29-26)19-11-7-4-8-12-19;1-35(33,34)30-14-12-29(13-15-30)19(32)16-31-24-20(22(28-31)17-8-4-2-5-9-17)21(25)23(26-27-24)18-10-6-3-7-11-18;1-29(2)14-15-30(3)19(32)16-31-24-20(22(28-31)17-10-6-4-7-11-17)21(25)23(26-27-24)18-12-8-5-9-13-18;/h3-12,20H,13-17H2,1-2H3;2-11H,12-16H2,1H3;4-13H,14-16H2,1-3H3;1H4. The zero-order valence-corrected chi connectivity index (χ0v) is 59.8. The van der Waals surface area contributed by atoms with Gasteiger partial charge in [0.05, 0.1) is 37.5 Å². The Kier molecular flexibility index (Phi) is 23.6. The van der Waals surface area contributed by atoms with Crippen molar-refractivity contribution in [3.05, 3.63) is 197 Å². The highest BCUT2D eigenvalue weighted by Crippen LogP contribution is 2.41. The number of aromatic nitrogens is 12. The molecule has 0 N–H and O–H groups in total. The van der Waals surface area contributed by atoms with Gasteiger partial charge in [-0.1, -0.05) is 224 Å². The van der Waals surface area contributed by atoms with E-state index in [0.717, 1.165) is 65.9 Å². The Morgan fingerprint density at radius 3 is 1.07 bits per heavy atom. The third-order valence-corrected chi connectivity index (χ3v) is 20.3. The number of carbonyl (C=O) groups excluding carboxylic acids is 3. The summed E-state index contributed by atoms with van der Waals surface area (Å²) >= 11 is 20.7. The van der Waals surface area contributed by atoms with Gasteiger partial charge in [0.2, 0.25) is 27.7 Å². The molecule has 0 radical (unpaired) electrons. The van der Waals surface area contributed by atoms with Crippen molar-refractivity contribution in [1.29, 1.82) is 0 Å². The molecule has 0 unspecified atom stereocenters. The Bertz CT molecular complexity index is 5010. The zero-order chi connectivity index (χ0) is 70.9. The number of rotatable bonds is 17. The fraction of sp³-hybridized carbons (Fsp3) is 0.280. The van der Waals surface area contributed by atoms with Gasteiger partial charge in [0.15, 0.2) is 16.9 Å². The number of halogens is 3. The molecule has 12 aromatic rings. The summed E-state index contributed by atoms with van der Waals surface area (Å²) in [6.07, 6.45) is 3.12. The van der Waals surface area contributed by atoms with Crippen molar-refractivity contribution in [3.63, 3.8) is 0 Å². The van der Waals surface area contributed by atoms with Crippen LogP contribution in [-0.2, 0) is 44.0 Å². The number of amides is 3. The lowest BCUT2D eigenvalue weighted by atomic mass is 10.0. The number of piperazine rings is 1. The molecule has 0 saturated carbocycles. The summed E-state index contributed by atoms with van der Waals surface area (Å²) in [7, 11) is 6.48. The van der Waals surface area contributed by atoms with E-state index in [9.17, 15) is 22.8 Å². The third kappa shape index (κ3) is 16.5. The predicted octanol–water partition coefficient (Wildman–Crippen LogP) is 11.8. The van der Waals surface area contributed by atoms with Crippen LogP contribution in [0, 0.1) is 0 Å². The van der Waals surface area contributed by atoms with Crippen molar-refractivity contribution in [2.75, 3.05) is 93.9 Å². The van der Waals surface area contributed by atoms with E-state index in [4.69, 9.17) is 50.1 Å². The van der Waals surface area contributed by atoms with Gasteiger partial charge in [-0.05, 0) is 47.1 Å². The number of nitrogens with zero attached hydrogens (tertiary/aromatic N) is 18. The molecule has 14 rings (SSSR count). The molecule has 27 heteroatoms. The zero-order valence-electron chi connectivity index (χ0n) is 56.7. The number of fused-ring (bicyclic) bond motifs is 3. The predicted molar refractivity (Wildman–Crippen MR) is 403 cm³/mol. The van der Waals surface area contributed by atoms with Gasteiger partial charge in [-0.2, -0.15) is 19.6 Å². The minimum atomic E-state index is -3.28. The summed E-state index contributed by atoms with van der Waals surface area (Å²) in [5.41, 5.74) is 10.4. The van der Waals surface area contributed by atoms with Crippen LogP contribution in [0.3, 0.4) is 0 Å². The normalized spacial score (nSPS) is 13.7. The van der Waals surface area contributed by atoms with E-state index < -0.39 is 10.0 Å². The minimum Gasteiger partial charge on any atom is -0.343 e. The first kappa shape index (κ1) is 73.3. The smallest absolute Gasteiger partial charge is 0.244 e. The van der Waals surface area contributed by atoms with Crippen molar-refractivity contribution < 1.29 is 22.8 Å². The van der Waals surface area contributed by atoms with E-state index in [0.29, 0.717) is 102 Å². The maximum atomic E-state index is 13.2. The van der Waals surface area contributed by atoms with E-state index in [1.165, 1.54) is 15.2 Å². The number of hydrogen-bond acceptors (Lipinski definition) is 16. The van der Waals surface area contributed by atoms with E-state index in [1.54, 1.807) is 26.2 Å². The summed E-state index contributed by atoms with van der Waals surface area (Å²) in [5, 5.41) is 44.2. The maximum absolute atomic E-state index is 13.2. The molecule has 23 nitrogen and oxygen atoms in total. The highest BCUT2D eigenvalue weighted by atomic mass is 35.5. The molecule has 8 heterocycles. The molecule has 6 aromatic carbocycles. The minimum absolute atomic E-state index is 0. The SMILES string of the molecule is C.CN(C)CCN(C)C(=O)Cn1nc(-c2ccccc2)c2c(Cl)c(-c3ccccc3)nnc21.CN1CCC(N(C)C(=O)Cn2nc(-c3ccccc3)c3c(Cl)c(-c4ccccc4)nnc32)CC1.CS(=O)(=O)N1CCN(C(=O)Cn2nc(-c3ccccc3)c3c(Cl)c(-c4ccccc4)nnc32)CC1. The van der Waals surface area contributed by atoms with Crippen LogP contribution in [0.1, 0.15) is 20.3 Å². The summed E-state index contributed by atoms with van der Waals surface area (Å²) in [5.74, 6) is -0.225. The Labute approximate surface area is 607 Å². The summed E-state index contributed by atoms with van der Waals surface area (Å²) in [4.78, 5) is 48.7. The van der Waals surface area contributed by atoms with E-state index >= 15 is 0 Å². The number of likely N-dealkylation sites (tertiary alicyclic amines) is 1. The largest absolute Gasteiger partial charge is 0.343 e. The van der Waals surface area contributed by atoms with E-state index in [1.807, 2.05) is 213 Å². The molecule has 0 atom stereocenters. The first-order valence-corrected chi connectivity index (χ1v) is 36.0. The van der Waals surface area contributed by atoms with Gasteiger partial charge in [-0.25, -0.2) is 22.5 Å². The van der Waals surface area contributed by atoms with Crippen molar-refractivity contribution >= 4 is 95.6 Å². The van der Waals surface area contributed by atoms with Crippen molar-refractivity contribution in [2.24, 2.45) is 0 Å². The molecule has 102 heavy (non-hydrogen) atoms. The summed E-state index contributed by atoms with van der Waals surface area (Å²) < 4.78 is 29.7. The third-order valence-electron chi connectivity index (χ3n) is 17.9. The Morgan fingerprint density at radius 1 is 0.431 bits per heavy atom. The molecule has 2 fully saturated rings. The molecule has 3 amide bonds. The fourth-order valence-corrected chi connectivity index (χ4v) is 14.0. The second kappa shape index (κ2) is 32.8. The van der Waals surface area contributed by atoms with Crippen LogP contribution in [0.4, 0.5) is 0 Å². The second-order valence-corrected chi connectivity index (χ2v) is 28.2. The van der Waals surface area contributed by atoms with Gasteiger partial charge >= 0.3 is 0 Å². The first-order valence-electron chi connectivity index (χ1n) is 33.0. The molecular formula is C75H79Cl3N18O5S. The van der Waals surface area contributed by atoms with Gasteiger partial charge < -0.3 is 24.5 Å². The molecule has 0 bridgehead atoms. The van der Waals surface area contributed by atoms with E-state index in [2.05, 4.69) is 42.5 Å². The topological polar surface area (TPSA) is 236 Å². The van der Waals surface area contributed by atoms with Crippen LogP contribution in [-0.4, -0.2) is 215 Å². The highest BCUT2D eigenvalue weighted by molar-refractivity contribution is 7.88. The number of benzene rings is 6. The molecule has 2 aliphatic heterocycles. The molecule has 2 saturated heterocycles. The molecule has 6 aromatic heterocycles. The van der Waals surface area contributed by atoms with Gasteiger partial charge in [0.1, 0.15) is 53.8 Å². The number of hydrogen-bond donors (Lipinski definition) is 0. The van der Waals surface area contributed by atoms with Crippen molar-refractivity contribution in [1.82, 2.24) is 88.7 Å². The van der Waals surface area contributed by atoms with Crippen LogP contribution >= 0.6 is 34.8 Å². The van der Waals surface area contributed by atoms with Crippen molar-refractivity contribution in [3.8, 4) is 67.5 Å². The average molecular weight is 1450 g/mol. The Morgan fingerprint density at radius 2 is 0.745 bits per heavy atom. The average Bonchev–Trinajstić information content (AvgIpc) is 1.60. The van der Waals surface area contributed by atoms with Crippen LogP contribution in [0.25, 0.3) is 101 Å². The Hall–Kier alpha value is -9.92. The maximum Gasteiger partial charge on any atom is 0.244 e. The van der Waals surface area contributed by atoms with Crippen LogP contribution in [0.2, 0.25) is 15.1 Å². The number of piperidine rings is 1. The first-order chi connectivity index (χ1) is 48.8. The monoisotopic (exact) mass is 1450 g/mol. The van der Waals surface area contributed by atoms with Crippen LogP contribution in [0.15, 0.2) is 182 Å². The molecule has 0 aliphatic carbocycles. The van der Waals surface area contributed by atoms with Gasteiger partial charge in [-0.15, -0.1) is 30.6 Å². The molecular weight excluding hydrogens is 1370 g/mol. The highest BCUT2D eigenvalue weighted by Gasteiger charge is 2.31. The van der Waals surface area contributed by atoms with E-state index in [-0.39, 0.29) is 63.9 Å². The lowest BCUT2D eigenvalue weighted by Crippen LogP contribution is -2.51. The van der Waals surface area contributed by atoms with Gasteiger partial charge in [0, 0.05) is 92.8 Å². The molecule has 526 valence electrons. The van der Waals surface area contributed by atoms with Crippen LogP contribution in [0.5, 0.6) is 0 Å². The Balaban J connectivity index is 0.000000153. The van der Waals surface area contributed by atoms with Crippen LogP contribution < -0.4 is 0 Å².